The molecule has 0 spiro atoms. The van der Waals surface area contributed by atoms with Gasteiger partial charge in [-0.3, -0.25) is 4.68 Å². The zero-order valence-corrected chi connectivity index (χ0v) is 16.8. The van der Waals surface area contributed by atoms with Gasteiger partial charge in [-0.2, -0.15) is 10.2 Å². The number of benzene rings is 1. The zero-order valence-electron chi connectivity index (χ0n) is 16.0. The van der Waals surface area contributed by atoms with Crippen molar-refractivity contribution < 1.29 is 0 Å². The van der Waals surface area contributed by atoms with Crippen LogP contribution < -0.4 is 0 Å². The molecule has 6 heteroatoms. The molecule has 0 amide bonds. The van der Waals surface area contributed by atoms with E-state index in [4.69, 9.17) is 4.98 Å². The van der Waals surface area contributed by atoms with E-state index in [0.29, 0.717) is 11.8 Å². The standard InChI is InChI=1S/C20H25N5S/c1-6-24-17-9-7-8-15(16(17)11-21-24)13(4)10-18-14(5)25-20(26-18)22-19(23-25)12(2)3/h7-9,11-13H,6,10H2,1-5H3. The fraction of sp³-hybridized carbons (Fsp3) is 0.450. The van der Waals surface area contributed by atoms with Gasteiger partial charge in [0.05, 0.1) is 17.4 Å². The number of thiazole rings is 1. The van der Waals surface area contributed by atoms with Crippen molar-refractivity contribution in [2.45, 2.75) is 59.4 Å². The van der Waals surface area contributed by atoms with Crippen LogP contribution >= 0.6 is 11.3 Å². The first-order valence-corrected chi connectivity index (χ1v) is 10.1. The first-order chi connectivity index (χ1) is 12.5. The van der Waals surface area contributed by atoms with Gasteiger partial charge < -0.3 is 0 Å². The maximum atomic E-state index is 4.70. The van der Waals surface area contributed by atoms with Gasteiger partial charge in [0, 0.05) is 22.7 Å². The number of aryl methyl sites for hydroxylation is 2. The molecule has 0 bridgehead atoms. The summed E-state index contributed by atoms with van der Waals surface area (Å²) in [6.45, 7) is 11.7. The van der Waals surface area contributed by atoms with E-state index in [1.54, 1.807) is 11.3 Å². The molecule has 3 heterocycles. The second kappa shape index (κ2) is 6.50. The average molecular weight is 368 g/mol. The van der Waals surface area contributed by atoms with Gasteiger partial charge in [-0.1, -0.05) is 44.2 Å². The van der Waals surface area contributed by atoms with Gasteiger partial charge in [0.1, 0.15) is 0 Å². The predicted octanol–water partition coefficient (Wildman–Crippen LogP) is 4.94. The number of nitrogens with zero attached hydrogens (tertiary/aromatic N) is 5. The average Bonchev–Trinajstić information content (AvgIpc) is 3.29. The number of hydrogen-bond donors (Lipinski definition) is 0. The monoisotopic (exact) mass is 367 g/mol. The van der Waals surface area contributed by atoms with Crippen LogP contribution in [0.5, 0.6) is 0 Å². The molecule has 0 saturated carbocycles. The molecular formula is C20H25N5S. The first-order valence-electron chi connectivity index (χ1n) is 9.29. The molecule has 0 fully saturated rings. The summed E-state index contributed by atoms with van der Waals surface area (Å²) in [7, 11) is 0. The normalized spacial score (nSPS) is 13.3. The second-order valence-electron chi connectivity index (χ2n) is 7.28. The van der Waals surface area contributed by atoms with Crippen LogP contribution in [0.2, 0.25) is 0 Å². The van der Waals surface area contributed by atoms with Gasteiger partial charge in [-0.15, -0.1) is 0 Å². The fourth-order valence-electron chi connectivity index (χ4n) is 3.53. The summed E-state index contributed by atoms with van der Waals surface area (Å²) in [5, 5.41) is 10.5. The lowest BCUT2D eigenvalue weighted by molar-refractivity contribution is 0.684. The Labute approximate surface area is 157 Å². The third kappa shape index (κ3) is 2.72. The molecule has 1 unspecified atom stereocenters. The van der Waals surface area contributed by atoms with Crippen molar-refractivity contribution in [2.24, 2.45) is 0 Å². The zero-order chi connectivity index (χ0) is 18.4. The van der Waals surface area contributed by atoms with Crippen LogP contribution in [0.3, 0.4) is 0 Å². The molecule has 0 aliphatic carbocycles. The minimum absolute atomic E-state index is 0.358. The van der Waals surface area contributed by atoms with Gasteiger partial charge in [0.25, 0.3) is 0 Å². The van der Waals surface area contributed by atoms with E-state index in [-0.39, 0.29) is 0 Å². The lowest BCUT2D eigenvalue weighted by Gasteiger charge is -2.13. The molecule has 0 N–H and O–H groups in total. The van der Waals surface area contributed by atoms with E-state index in [9.17, 15) is 0 Å². The molecule has 0 aliphatic rings. The Morgan fingerprint density at radius 2 is 2.00 bits per heavy atom. The molecule has 4 aromatic rings. The van der Waals surface area contributed by atoms with E-state index < -0.39 is 0 Å². The van der Waals surface area contributed by atoms with Crippen molar-refractivity contribution in [2.75, 3.05) is 0 Å². The van der Waals surface area contributed by atoms with Gasteiger partial charge in [-0.05, 0) is 37.8 Å². The van der Waals surface area contributed by atoms with Crippen LogP contribution in [0.4, 0.5) is 0 Å². The maximum absolute atomic E-state index is 4.70. The van der Waals surface area contributed by atoms with E-state index in [1.165, 1.54) is 27.0 Å². The van der Waals surface area contributed by atoms with E-state index in [1.807, 2.05) is 10.7 Å². The second-order valence-corrected chi connectivity index (χ2v) is 8.34. The third-order valence-electron chi connectivity index (χ3n) is 5.09. The van der Waals surface area contributed by atoms with Crippen molar-refractivity contribution in [3.8, 4) is 0 Å². The Balaban J connectivity index is 1.67. The summed E-state index contributed by atoms with van der Waals surface area (Å²) < 4.78 is 4.07. The molecule has 0 radical (unpaired) electrons. The Morgan fingerprint density at radius 3 is 2.69 bits per heavy atom. The Hall–Kier alpha value is -2.21. The highest BCUT2D eigenvalue weighted by molar-refractivity contribution is 7.17. The van der Waals surface area contributed by atoms with Crippen LogP contribution in [-0.2, 0) is 13.0 Å². The van der Waals surface area contributed by atoms with Gasteiger partial charge in [-0.25, -0.2) is 9.50 Å². The van der Waals surface area contributed by atoms with Crippen molar-refractivity contribution >= 4 is 27.2 Å². The summed E-state index contributed by atoms with van der Waals surface area (Å²) in [6, 6.07) is 6.54. The van der Waals surface area contributed by atoms with E-state index >= 15 is 0 Å². The van der Waals surface area contributed by atoms with E-state index in [2.05, 4.69) is 67.7 Å². The minimum Gasteiger partial charge on any atom is -0.265 e. The number of rotatable bonds is 5. The summed E-state index contributed by atoms with van der Waals surface area (Å²) in [4.78, 5) is 7.06. The Bertz CT molecular complexity index is 1070. The quantitative estimate of drug-likeness (QED) is 0.502. The highest BCUT2D eigenvalue weighted by atomic mass is 32.1. The maximum Gasteiger partial charge on any atom is 0.212 e. The molecule has 136 valence electrons. The highest BCUT2D eigenvalue weighted by Crippen LogP contribution is 2.32. The molecule has 26 heavy (non-hydrogen) atoms. The predicted molar refractivity (Wildman–Crippen MR) is 107 cm³/mol. The Kier molecular flexibility index (Phi) is 4.31. The van der Waals surface area contributed by atoms with Crippen LogP contribution in [-0.4, -0.2) is 24.4 Å². The van der Waals surface area contributed by atoms with Crippen molar-refractivity contribution in [1.82, 2.24) is 24.4 Å². The lowest BCUT2D eigenvalue weighted by Crippen LogP contribution is -2.01. The molecule has 3 aromatic heterocycles. The number of fused-ring (bicyclic) bond motifs is 2. The van der Waals surface area contributed by atoms with Crippen LogP contribution in [0.15, 0.2) is 24.4 Å². The van der Waals surface area contributed by atoms with Crippen molar-refractivity contribution in [3.63, 3.8) is 0 Å². The van der Waals surface area contributed by atoms with Crippen LogP contribution in [0.25, 0.3) is 15.9 Å². The molecule has 1 atom stereocenters. The van der Waals surface area contributed by atoms with Gasteiger partial charge in [0.15, 0.2) is 5.82 Å². The molecule has 4 rings (SSSR count). The molecule has 1 aromatic carbocycles. The highest BCUT2D eigenvalue weighted by Gasteiger charge is 2.19. The largest absolute Gasteiger partial charge is 0.265 e. The fourth-order valence-corrected chi connectivity index (χ4v) is 4.72. The number of hydrogen-bond acceptors (Lipinski definition) is 4. The summed E-state index contributed by atoms with van der Waals surface area (Å²) in [6.07, 6.45) is 3.00. The van der Waals surface area contributed by atoms with Crippen molar-refractivity contribution in [3.05, 3.63) is 46.4 Å². The third-order valence-corrected chi connectivity index (χ3v) is 6.24. The SMILES string of the molecule is CCn1ncc2c(C(C)Cc3sc4nc(C(C)C)nn4c3C)cccc21. The minimum atomic E-state index is 0.358. The van der Waals surface area contributed by atoms with Crippen LogP contribution in [0.1, 0.15) is 61.5 Å². The molecule has 0 aliphatic heterocycles. The summed E-state index contributed by atoms with van der Waals surface area (Å²) in [5.41, 5.74) is 3.80. The first kappa shape index (κ1) is 17.2. The van der Waals surface area contributed by atoms with Gasteiger partial charge >= 0.3 is 0 Å². The topological polar surface area (TPSA) is 48.0 Å². The Morgan fingerprint density at radius 1 is 1.19 bits per heavy atom. The molecular weight excluding hydrogens is 342 g/mol. The van der Waals surface area contributed by atoms with Gasteiger partial charge in [0.2, 0.25) is 4.96 Å². The smallest absolute Gasteiger partial charge is 0.212 e. The molecule has 0 saturated heterocycles. The number of aromatic nitrogens is 5. The summed E-state index contributed by atoms with van der Waals surface area (Å²) in [5.74, 6) is 1.70. The molecule has 5 nitrogen and oxygen atoms in total. The lowest BCUT2D eigenvalue weighted by atomic mass is 9.94. The van der Waals surface area contributed by atoms with Crippen molar-refractivity contribution in [1.29, 1.82) is 0 Å². The van der Waals surface area contributed by atoms with Crippen LogP contribution in [0, 0.1) is 6.92 Å². The van der Waals surface area contributed by atoms with E-state index in [0.717, 1.165) is 23.8 Å². The summed E-state index contributed by atoms with van der Waals surface area (Å²) >= 11 is 1.77.